The van der Waals surface area contributed by atoms with Gasteiger partial charge in [0.1, 0.15) is 6.04 Å². The molecule has 1 saturated heterocycles. The Morgan fingerprint density at radius 2 is 2.27 bits per heavy atom. The monoisotopic (exact) mass is 235 g/mol. The summed E-state index contributed by atoms with van der Waals surface area (Å²) in [6.45, 7) is 1.96. The first-order valence-electron chi connectivity index (χ1n) is 4.71. The Morgan fingerprint density at radius 1 is 1.67 bits per heavy atom. The van der Waals surface area contributed by atoms with Crippen LogP contribution in [0.2, 0.25) is 0 Å². The number of carboxylic acids is 1. The molecule has 1 rings (SSSR count). The summed E-state index contributed by atoms with van der Waals surface area (Å²) >= 11 is 1.59. The first-order chi connectivity index (χ1) is 7.00. The number of nitrogens with one attached hydrogen (secondary N) is 1. The smallest absolute Gasteiger partial charge is 0.321 e. The fourth-order valence-electron chi connectivity index (χ4n) is 1.55. The van der Waals surface area contributed by atoms with Crippen molar-refractivity contribution in [3.63, 3.8) is 0 Å². The molecule has 0 amide bonds. The zero-order valence-corrected chi connectivity index (χ0v) is 9.97. The van der Waals surface area contributed by atoms with Crippen LogP contribution in [0, 0.1) is 0 Å². The zero-order chi connectivity index (χ0) is 11.5. The van der Waals surface area contributed by atoms with Crippen LogP contribution in [-0.2, 0) is 14.3 Å². The molecule has 1 heterocycles. The number of thioether (sulfide) groups is 1. The molecule has 2 atom stereocenters. The van der Waals surface area contributed by atoms with Gasteiger partial charge in [-0.15, -0.1) is 11.8 Å². The van der Waals surface area contributed by atoms with Gasteiger partial charge in [0.15, 0.2) is 6.29 Å². The van der Waals surface area contributed by atoms with E-state index in [0.717, 1.165) is 0 Å². The van der Waals surface area contributed by atoms with E-state index in [-0.39, 0.29) is 11.2 Å². The van der Waals surface area contributed by atoms with Crippen molar-refractivity contribution in [3.05, 3.63) is 0 Å². The summed E-state index contributed by atoms with van der Waals surface area (Å²) in [5.41, 5.74) is 0. The Bertz CT molecular complexity index is 234. The highest BCUT2D eigenvalue weighted by atomic mass is 32.2. The zero-order valence-electron chi connectivity index (χ0n) is 9.15. The molecule has 88 valence electrons. The first kappa shape index (κ1) is 12.8. The number of methoxy groups -OCH3 is 2. The average molecular weight is 235 g/mol. The largest absolute Gasteiger partial charge is 0.480 e. The van der Waals surface area contributed by atoms with Crippen LogP contribution >= 0.6 is 11.8 Å². The lowest BCUT2D eigenvalue weighted by molar-refractivity contribution is -0.139. The van der Waals surface area contributed by atoms with Crippen LogP contribution in [0.1, 0.15) is 13.3 Å². The van der Waals surface area contributed by atoms with Crippen molar-refractivity contribution in [2.24, 2.45) is 0 Å². The van der Waals surface area contributed by atoms with E-state index in [1.807, 2.05) is 6.92 Å². The van der Waals surface area contributed by atoms with Gasteiger partial charge in [-0.3, -0.25) is 10.1 Å². The van der Waals surface area contributed by atoms with Gasteiger partial charge in [-0.2, -0.15) is 0 Å². The van der Waals surface area contributed by atoms with E-state index >= 15 is 0 Å². The SMILES string of the molecule is COC(CC1(C)N[C@H](C(=O)O)CS1)OC. The van der Waals surface area contributed by atoms with Gasteiger partial charge in [0, 0.05) is 26.4 Å². The van der Waals surface area contributed by atoms with Crippen LogP contribution in [-0.4, -0.2) is 48.3 Å². The van der Waals surface area contributed by atoms with E-state index in [2.05, 4.69) is 5.32 Å². The van der Waals surface area contributed by atoms with E-state index < -0.39 is 12.0 Å². The number of hydrogen-bond acceptors (Lipinski definition) is 5. The molecule has 0 radical (unpaired) electrons. The van der Waals surface area contributed by atoms with Gasteiger partial charge in [-0.05, 0) is 6.92 Å². The van der Waals surface area contributed by atoms with Crippen molar-refractivity contribution in [1.29, 1.82) is 0 Å². The molecule has 0 aromatic rings. The molecule has 0 spiro atoms. The standard InChI is InChI=1S/C9H17NO4S/c1-9(4-7(13-2)14-3)10-6(5-15-9)8(11)12/h6-7,10H,4-5H2,1-3H3,(H,11,12)/t6-,9?/m0/s1. The number of carboxylic acid groups (broad SMARTS) is 1. The Labute approximate surface area is 93.5 Å². The predicted octanol–water partition coefficient (Wildman–Crippen LogP) is 0.501. The quantitative estimate of drug-likeness (QED) is 0.676. The van der Waals surface area contributed by atoms with E-state index in [9.17, 15) is 4.79 Å². The number of aliphatic carboxylic acids is 1. The molecule has 2 N–H and O–H groups in total. The second kappa shape index (κ2) is 5.16. The summed E-state index contributed by atoms with van der Waals surface area (Å²) in [6, 6.07) is -0.477. The van der Waals surface area contributed by atoms with Gasteiger partial charge >= 0.3 is 5.97 Å². The number of carbonyl (C=O) groups is 1. The van der Waals surface area contributed by atoms with Gasteiger partial charge in [0.2, 0.25) is 0 Å². The molecule has 1 aliphatic rings. The van der Waals surface area contributed by atoms with Crippen molar-refractivity contribution in [1.82, 2.24) is 5.32 Å². The van der Waals surface area contributed by atoms with Gasteiger partial charge in [-0.25, -0.2) is 0 Å². The third-order valence-corrected chi connectivity index (χ3v) is 3.85. The summed E-state index contributed by atoms with van der Waals surface area (Å²) < 4.78 is 10.2. The average Bonchev–Trinajstić information content (AvgIpc) is 2.58. The molecule has 6 heteroatoms. The lowest BCUT2D eigenvalue weighted by Crippen LogP contribution is -2.45. The van der Waals surface area contributed by atoms with Crippen molar-refractivity contribution in [2.75, 3.05) is 20.0 Å². The van der Waals surface area contributed by atoms with Gasteiger partial charge in [-0.1, -0.05) is 0 Å². The van der Waals surface area contributed by atoms with Crippen LogP contribution in [0.4, 0.5) is 0 Å². The highest BCUT2D eigenvalue weighted by Gasteiger charge is 2.40. The van der Waals surface area contributed by atoms with E-state index in [1.165, 1.54) is 0 Å². The molecule has 0 aliphatic carbocycles. The van der Waals surface area contributed by atoms with Gasteiger partial charge in [0.25, 0.3) is 0 Å². The normalized spacial score (nSPS) is 31.1. The molecule has 5 nitrogen and oxygen atoms in total. The van der Waals surface area contributed by atoms with Crippen LogP contribution in [0.5, 0.6) is 0 Å². The Balaban J connectivity index is 2.51. The summed E-state index contributed by atoms with van der Waals surface area (Å²) in [5, 5.41) is 11.9. The number of ether oxygens (including phenoxy) is 2. The molecule has 1 unspecified atom stereocenters. The maximum atomic E-state index is 10.8. The van der Waals surface area contributed by atoms with E-state index in [1.54, 1.807) is 26.0 Å². The summed E-state index contributed by atoms with van der Waals surface area (Å²) in [5.74, 6) is -0.232. The molecule has 15 heavy (non-hydrogen) atoms. The minimum Gasteiger partial charge on any atom is -0.480 e. The molecule has 1 aliphatic heterocycles. The fourth-order valence-corrected chi connectivity index (χ4v) is 2.79. The minimum atomic E-state index is -0.808. The van der Waals surface area contributed by atoms with Crippen molar-refractivity contribution < 1.29 is 19.4 Å². The Morgan fingerprint density at radius 3 is 2.67 bits per heavy atom. The topological polar surface area (TPSA) is 67.8 Å². The van der Waals surface area contributed by atoms with Crippen molar-refractivity contribution in [3.8, 4) is 0 Å². The molecule has 0 saturated carbocycles. The van der Waals surface area contributed by atoms with Gasteiger partial charge in [0.05, 0.1) is 4.87 Å². The fraction of sp³-hybridized carbons (Fsp3) is 0.889. The molecular weight excluding hydrogens is 218 g/mol. The van der Waals surface area contributed by atoms with Crippen LogP contribution < -0.4 is 5.32 Å². The highest BCUT2D eigenvalue weighted by molar-refractivity contribution is 8.00. The van der Waals surface area contributed by atoms with Crippen LogP contribution in [0.3, 0.4) is 0 Å². The molecule has 0 bridgehead atoms. The second-order valence-electron chi connectivity index (χ2n) is 3.68. The summed E-state index contributed by atoms with van der Waals surface area (Å²) in [6.07, 6.45) is 0.316. The van der Waals surface area contributed by atoms with Crippen LogP contribution in [0.25, 0.3) is 0 Å². The highest BCUT2D eigenvalue weighted by Crippen LogP contribution is 2.34. The third-order valence-electron chi connectivity index (χ3n) is 2.43. The number of rotatable bonds is 5. The van der Waals surface area contributed by atoms with E-state index in [0.29, 0.717) is 12.2 Å². The lowest BCUT2D eigenvalue weighted by Gasteiger charge is -2.27. The maximum absolute atomic E-state index is 10.8. The van der Waals surface area contributed by atoms with Crippen molar-refractivity contribution in [2.45, 2.75) is 30.5 Å². The lowest BCUT2D eigenvalue weighted by atomic mass is 10.2. The molecular formula is C9H17NO4S. The summed E-state index contributed by atoms with van der Waals surface area (Å²) in [4.78, 5) is 10.5. The third kappa shape index (κ3) is 3.34. The van der Waals surface area contributed by atoms with Gasteiger partial charge < -0.3 is 14.6 Å². The van der Waals surface area contributed by atoms with Crippen molar-refractivity contribution >= 4 is 17.7 Å². The first-order valence-corrected chi connectivity index (χ1v) is 5.69. The summed E-state index contributed by atoms with van der Waals surface area (Å²) in [7, 11) is 3.15. The predicted molar refractivity (Wildman–Crippen MR) is 57.8 cm³/mol. The minimum absolute atomic E-state index is 0.292. The molecule has 0 aromatic heterocycles. The molecule has 0 aromatic carbocycles. The number of hydrogen-bond donors (Lipinski definition) is 2. The Kier molecular flexibility index (Phi) is 4.39. The Hall–Kier alpha value is -0.300. The maximum Gasteiger partial charge on any atom is 0.321 e. The van der Waals surface area contributed by atoms with E-state index in [4.69, 9.17) is 14.6 Å². The molecule has 1 fully saturated rings. The van der Waals surface area contributed by atoms with Crippen LogP contribution in [0.15, 0.2) is 0 Å². The second-order valence-corrected chi connectivity index (χ2v) is 5.21.